The van der Waals surface area contributed by atoms with Gasteiger partial charge in [-0.1, -0.05) is 36.8 Å². The van der Waals surface area contributed by atoms with Crippen LogP contribution in [0.4, 0.5) is 5.13 Å². The minimum absolute atomic E-state index is 0.183. The first-order valence-corrected chi connectivity index (χ1v) is 9.85. The summed E-state index contributed by atoms with van der Waals surface area (Å²) in [5.41, 5.74) is 0.833. The highest BCUT2D eigenvalue weighted by Gasteiger charge is 2.09. The molecule has 5 nitrogen and oxygen atoms in total. The van der Waals surface area contributed by atoms with Crippen LogP contribution < -0.4 is 10.1 Å². The molecule has 1 N–H and O–H groups in total. The lowest BCUT2D eigenvalue weighted by Gasteiger charge is -2.06. The third kappa shape index (κ3) is 6.59. The number of nitrogens with zero attached hydrogens (tertiary/aromatic N) is 1. The SMILES string of the molecule is C=CC(=O)OCCOc1cccc2sc(NCCCCCCS)nc12. The van der Waals surface area contributed by atoms with Gasteiger partial charge in [-0.15, -0.1) is 0 Å². The molecule has 0 amide bonds. The molecule has 7 heteroatoms. The summed E-state index contributed by atoms with van der Waals surface area (Å²) in [6, 6.07) is 5.83. The summed E-state index contributed by atoms with van der Waals surface area (Å²) in [5, 5.41) is 4.28. The smallest absolute Gasteiger partial charge is 0.330 e. The monoisotopic (exact) mass is 380 g/mol. The number of thiol groups is 1. The van der Waals surface area contributed by atoms with Crippen molar-refractivity contribution in [3.63, 3.8) is 0 Å². The Morgan fingerprint density at radius 1 is 1.28 bits per heavy atom. The largest absolute Gasteiger partial charge is 0.488 e. The maximum absolute atomic E-state index is 11.0. The second-order valence-electron chi connectivity index (χ2n) is 5.41. The minimum Gasteiger partial charge on any atom is -0.488 e. The molecule has 2 aromatic rings. The Morgan fingerprint density at radius 3 is 2.92 bits per heavy atom. The van der Waals surface area contributed by atoms with Crippen molar-refractivity contribution in [3.05, 3.63) is 30.9 Å². The predicted molar refractivity (Wildman–Crippen MR) is 107 cm³/mol. The average Bonchev–Trinajstić information content (AvgIpc) is 3.05. The quantitative estimate of drug-likeness (QED) is 0.249. The minimum atomic E-state index is -0.448. The lowest BCUT2D eigenvalue weighted by molar-refractivity contribution is -0.138. The fourth-order valence-corrected chi connectivity index (χ4v) is 3.39. The van der Waals surface area contributed by atoms with Gasteiger partial charge in [-0.25, -0.2) is 9.78 Å². The van der Waals surface area contributed by atoms with E-state index in [1.54, 1.807) is 11.3 Å². The zero-order valence-corrected chi connectivity index (χ0v) is 15.9. The third-order valence-electron chi connectivity index (χ3n) is 3.49. The number of carbonyl (C=O) groups excluding carboxylic acids is 1. The fraction of sp³-hybridized carbons (Fsp3) is 0.444. The van der Waals surface area contributed by atoms with E-state index in [1.807, 2.05) is 18.2 Å². The highest BCUT2D eigenvalue weighted by Crippen LogP contribution is 2.32. The summed E-state index contributed by atoms with van der Waals surface area (Å²) in [6.07, 6.45) is 5.86. The first kappa shape index (κ1) is 19.6. The van der Waals surface area contributed by atoms with E-state index in [-0.39, 0.29) is 13.2 Å². The van der Waals surface area contributed by atoms with Crippen molar-refractivity contribution >= 4 is 45.3 Å². The molecule has 0 spiro atoms. The first-order valence-electron chi connectivity index (χ1n) is 8.41. The van der Waals surface area contributed by atoms with Gasteiger partial charge in [0.1, 0.15) is 24.5 Å². The highest BCUT2D eigenvalue weighted by molar-refractivity contribution is 7.80. The van der Waals surface area contributed by atoms with Gasteiger partial charge in [0.05, 0.1) is 4.70 Å². The van der Waals surface area contributed by atoms with E-state index in [0.717, 1.165) is 40.1 Å². The van der Waals surface area contributed by atoms with Gasteiger partial charge in [0.25, 0.3) is 0 Å². The maximum Gasteiger partial charge on any atom is 0.330 e. The Kier molecular flexibility index (Phi) is 8.62. The van der Waals surface area contributed by atoms with Crippen LogP contribution in [0.15, 0.2) is 30.9 Å². The van der Waals surface area contributed by atoms with Gasteiger partial charge >= 0.3 is 5.97 Å². The zero-order chi connectivity index (χ0) is 17.9. The summed E-state index contributed by atoms with van der Waals surface area (Å²) >= 11 is 5.84. The average molecular weight is 381 g/mol. The van der Waals surface area contributed by atoms with Crippen molar-refractivity contribution in [1.82, 2.24) is 4.98 Å². The number of unbranched alkanes of at least 4 members (excludes halogenated alkanes) is 3. The number of para-hydroxylation sites is 1. The number of hydrogen-bond donors (Lipinski definition) is 2. The molecule has 1 aromatic heterocycles. The molecule has 0 aliphatic heterocycles. The lowest BCUT2D eigenvalue weighted by Crippen LogP contribution is -2.10. The number of anilines is 1. The van der Waals surface area contributed by atoms with Crippen LogP contribution in [-0.4, -0.2) is 36.5 Å². The molecule has 1 aromatic carbocycles. The van der Waals surface area contributed by atoms with Gasteiger partial charge in [-0.3, -0.25) is 0 Å². The predicted octanol–water partition coefficient (Wildman–Crippen LogP) is 4.31. The molecule has 2 rings (SSSR count). The lowest BCUT2D eigenvalue weighted by atomic mass is 10.2. The van der Waals surface area contributed by atoms with E-state index >= 15 is 0 Å². The molecule has 0 saturated heterocycles. The van der Waals surface area contributed by atoms with Gasteiger partial charge in [0, 0.05) is 12.6 Å². The molecular weight excluding hydrogens is 356 g/mol. The van der Waals surface area contributed by atoms with Crippen LogP contribution in [0.5, 0.6) is 5.75 Å². The van der Waals surface area contributed by atoms with E-state index in [0.29, 0.717) is 5.75 Å². The number of nitrogens with one attached hydrogen (secondary N) is 1. The maximum atomic E-state index is 11.0. The molecule has 0 fully saturated rings. The Hall–Kier alpha value is -1.73. The van der Waals surface area contributed by atoms with Crippen LogP contribution in [0, 0.1) is 0 Å². The van der Waals surface area contributed by atoms with E-state index in [2.05, 4.69) is 29.5 Å². The van der Waals surface area contributed by atoms with E-state index in [4.69, 9.17) is 9.47 Å². The third-order valence-corrected chi connectivity index (χ3v) is 4.79. The summed E-state index contributed by atoms with van der Waals surface area (Å²) in [5.74, 6) is 1.21. The number of aromatic nitrogens is 1. The van der Waals surface area contributed by atoms with Gasteiger partial charge in [0.15, 0.2) is 5.13 Å². The molecule has 0 aliphatic carbocycles. The molecular formula is C18H24N2O3S2. The summed E-state index contributed by atoms with van der Waals surface area (Å²) in [7, 11) is 0. The van der Waals surface area contributed by atoms with E-state index in [1.165, 1.54) is 19.3 Å². The molecule has 0 atom stereocenters. The normalized spacial score (nSPS) is 10.6. The molecule has 0 radical (unpaired) electrons. The molecule has 136 valence electrons. The van der Waals surface area contributed by atoms with Crippen LogP contribution in [0.1, 0.15) is 25.7 Å². The van der Waals surface area contributed by atoms with Gasteiger partial charge < -0.3 is 14.8 Å². The second kappa shape index (κ2) is 11.0. The number of thiazole rings is 1. The van der Waals surface area contributed by atoms with Crippen molar-refractivity contribution in [2.24, 2.45) is 0 Å². The Balaban J connectivity index is 1.84. The molecule has 0 bridgehead atoms. The number of benzene rings is 1. The van der Waals surface area contributed by atoms with E-state index < -0.39 is 5.97 Å². The van der Waals surface area contributed by atoms with Gasteiger partial charge in [-0.2, -0.15) is 12.6 Å². The van der Waals surface area contributed by atoms with Crippen LogP contribution in [-0.2, 0) is 9.53 Å². The topological polar surface area (TPSA) is 60.5 Å². The Bertz CT molecular complexity index is 688. The molecule has 0 saturated carbocycles. The summed E-state index contributed by atoms with van der Waals surface area (Å²) < 4.78 is 11.7. The molecule has 0 unspecified atom stereocenters. The Morgan fingerprint density at radius 2 is 2.12 bits per heavy atom. The van der Waals surface area contributed by atoms with Crippen LogP contribution >= 0.6 is 24.0 Å². The van der Waals surface area contributed by atoms with Crippen LogP contribution in [0.3, 0.4) is 0 Å². The number of ether oxygens (including phenoxy) is 2. The molecule has 25 heavy (non-hydrogen) atoms. The van der Waals surface area contributed by atoms with Crippen molar-refractivity contribution < 1.29 is 14.3 Å². The number of rotatable bonds is 12. The number of esters is 1. The fourth-order valence-electron chi connectivity index (χ4n) is 2.25. The van der Waals surface area contributed by atoms with Crippen molar-refractivity contribution in [2.45, 2.75) is 25.7 Å². The Labute approximate surface area is 157 Å². The second-order valence-corrected chi connectivity index (χ2v) is 6.88. The van der Waals surface area contributed by atoms with E-state index in [9.17, 15) is 4.79 Å². The number of carbonyl (C=O) groups is 1. The standard InChI is InChI=1S/C18H24N2O3S2/c1-2-16(21)23-12-11-22-14-8-7-9-15-17(14)20-18(25-15)19-10-5-3-4-6-13-24/h2,7-9,24H,1,3-6,10-13H2,(H,19,20). The number of fused-ring (bicyclic) bond motifs is 1. The summed E-state index contributed by atoms with van der Waals surface area (Å²) in [4.78, 5) is 15.6. The van der Waals surface area contributed by atoms with Gasteiger partial charge in [-0.05, 0) is 30.7 Å². The van der Waals surface area contributed by atoms with Crippen molar-refractivity contribution in [2.75, 3.05) is 30.8 Å². The molecule has 0 aliphatic rings. The molecule has 1 heterocycles. The van der Waals surface area contributed by atoms with Crippen LogP contribution in [0.2, 0.25) is 0 Å². The van der Waals surface area contributed by atoms with Crippen molar-refractivity contribution in [1.29, 1.82) is 0 Å². The van der Waals surface area contributed by atoms with Crippen LogP contribution in [0.25, 0.3) is 10.2 Å². The van der Waals surface area contributed by atoms with Gasteiger partial charge in [0.2, 0.25) is 0 Å². The zero-order valence-electron chi connectivity index (χ0n) is 14.2. The first-order chi connectivity index (χ1) is 12.2. The van der Waals surface area contributed by atoms with Crippen molar-refractivity contribution in [3.8, 4) is 5.75 Å². The highest BCUT2D eigenvalue weighted by atomic mass is 32.1. The number of hydrogen-bond acceptors (Lipinski definition) is 7. The summed E-state index contributed by atoms with van der Waals surface area (Å²) in [6.45, 7) is 4.73.